The summed E-state index contributed by atoms with van der Waals surface area (Å²) in [5.74, 6) is -1.71. The summed E-state index contributed by atoms with van der Waals surface area (Å²) in [5, 5.41) is 21.6. The Morgan fingerprint density at radius 1 is 1.24 bits per heavy atom. The molecule has 0 aliphatic heterocycles. The summed E-state index contributed by atoms with van der Waals surface area (Å²) >= 11 is 0. The summed E-state index contributed by atoms with van der Waals surface area (Å²) in [6.07, 6.45) is -0.250. The Balaban J connectivity index is 2.22. The first-order valence-corrected chi connectivity index (χ1v) is 10.7. The number of aromatic amines is 1. The van der Waals surface area contributed by atoms with E-state index in [1.165, 1.54) is 0 Å². The second-order valence-electron chi connectivity index (χ2n) is 7.69. The van der Waals surface area contributed by atoms with Crippen molar-refractivity contribution < 1.29 is 24.5 Å². The molecule has 2 aromatic rings. The van der Waals surface area contributed by atoms with E-state index in [4.69, 9.17) is 15.6 Å². The van der Waals surface area contributed by atoms with E-state index >= 15 is 0 Å². The molecule has 0 fully saturated rings. The molecule has 11 nitrogen and oxygen atoms in total. The van der Waals surface area contributed by atoms with E-state index in [0.717, 1.165) is 10.1 Å². The third kappa shape index (κ3) is 7.02. The number of aromatic nitrogens is 2. The first kappa shape index (κ1) is 25.8. The van der Waals surface area contributed by atoms with Crippen molar-refractivity contribution >= 4 is 17.6 Å². The van der Waals surface area contributed by atoms with Gasteiger partial charge in [-0.05, 0) is 43.5 Å². The van der Waals surface area contributed by atoms with Gasteiger partial charge >= 0.3 is 11.7 Å². The molecular formula is C22H30N4O7. The molecule has 0 saturated carbocycles. The minimum Gasteiger partial charge on any atom is -0.482 e. The van der Waals surface area contributed by atoms with Crippen molar-refractivity contribution in [3.05, 3.63) is 56.4 Å². The van der Waals surface area contributed by atoms with Crippen LogP contribution in [0.2, 0.25) is 0 Å². The predicted molar refractivity (Wildman–Crippen MR) is 121 cm³/mol. The van der Waals surface area contributed by atoms with Gasteiger partial charge in [0.15, 0.2) is 6.61 Å². The van der Waals surface area contributed by atoms with Gasteiger partial charge in [-0.25, -0.2) is 9.59 Å². The minimum absolute atomic E-state index is 0.0664. The molecule has 2 atom stereocenters. The number of hydrogen-bond acceptors (Lipinski definition) is 7. The van der Waals surface area contributed by atoms with Crippen molar-refractivity contribution in [2.45, 2.75) is 45.8 Å². The number of aliphatic hydroxyl groups is 1. The van der Waals surface area contributed by atoms with Crippen LogP contribution in [0.5, 0.6) is 5.75 Å². The highest BCUT2D eigenvalue weighted by molar-refractivity contribution is 5.92. The number of nitrogens with one attached hydrogen (secondary N) is 2. The smallest absolute Gasteiger partial charge is 0.341 e. The second kappa shape index (κ2) is 12.0. The van der Waals surface area contributed by atoms with Gasteiger partial charge in [-0.15, -0.1) is 0 Å². The normalized spacial score (nSPS) is 12.7. The third-order valence-electron chi connectivity index (χ3n) is 4.96. The van der Waals surface area contributed by atoms with Gasteiger partial charge in [-0.2, -0.15) is 0 Å². The van der Waals surface area contributed by atoms with Gasteiger partial charge in [0.05, 0.1) is 11.8 Å². The summed E-state index contributed by atoms with van der Waals surface area (Å²) < 4.78 is 6.07. The van der Waals surface area contributed by atoms with Crippen molar-refractivity contribution in [1.82, 2.24) is 9.55 Å². The number of ether oxygens (including phenoxy) is 1. The topological polar surface area (TPSA) is 177 Å². The van der Waals surface area contributed by atoms with Crippen molar-refractivity contribution in [2.75, 3.05) is 18.5 Å². The first-order chi connectivity index (χ1) is 15.7. The summed E-state index contributed by atoms with van der Waals surface area (Å²) in [5.41, 5.74) is 4.70. The molecule has 0 aliphatic carbocycles. The fourth-order valence-electron chi connectivity index (χ4n) is 3.25. The first-order valence-electron chi connectivity index (χ1n) is 10.7. The molecule has 6 N–H and O–H groups in total. The minimum atomic E-state index is -1.21. The van der Waals surface area contributed by atoms with E-state index in [9.17, 15) is 24.3 Å². The summed E-state index contributed by atoms with van der Waals surface area (Å²) in [7, 11) is 0. The van der Waals surface area contributed by atoms with E-state index in [0.29, 0.717) is 18.6 Å². The molecule has 1 amide bonds. The standard InChI is InChI=1S/C22H30N4O7/c1-3-10-26-21(31)19(18(25-22(26)32)16(27)8-9-23)24-20(30)13(2)11-14-4-6-15(7-5-14)33-12-17(28)29/h4-7,13,16,27H,3,8-12,23H2,1-2H3,(H,24,30)(H,25,32)(H,28,29). The highest BCUT2D eigenvalue weighted by atomic mass is 16.5. The van der Waals surface area contributed by atoms with E-state index < -0.39 is 41.8 Å². The van der Waals surface area contributed by atoms with Crippen LogP contribution in [0.3, 0.4) is 0 Å². The Morgan fingerprint density at radius 3 is 2.48 bits per heavy atom. The van der Waals surface area contributed by atoms with Gasteiger partial charge in [0.1, 0.15) is 11.4 Å². The summed E-state index contributed by atoms with van der Waals surface area (Å²) in [6.45, 7) is 3.32. The molecule has 1 aromatic heterocycles. The molecular weight excluding hydrogens is 432 g/mol. The monoisotopic (exact) mass is 462 g/mol. The number of benzene rings is 1. The zero-order valence-electron chi connectivity index (χ0n) is 18.7. The maximum absolute atomic E-state index is 12.9. The largest absolute Gasteiger partial charge is 0.482 e. The number of anilines is 1. The van der Waals surface area contributed by atoms with Crippen LogP contribution in [-0.4, -0.2) is 44.8 Å². The molecule has 1 aromatic carbocycles. The van der Waals surface area contributed by atoms with Gasteiger partial charge in [-0.1, -0.05) is 26.0 Å². The Morgan fingerprint density at radius 2 is 1.91 bits per heavy atom. The third-order valence-corrected chi connectivity index (χ3v) is 4.96. The highest BCUT2D eigenvalue weighted by Gasteiger charge is 2.23. The molecule has 180 valence electrons. The predicted octanol–water partition coefficient (Wildman–Crippen LogP) is 0.610. The number of aliphatic hydroxyl groups excluding tert-OH is 1. The Bertz CT molecular complexity index is 1080. The molecule has 11 heteroatoms. The SMILES string of the molecule is CCCn1c(=O)[nH]c(C(O)CCN)c(NC(=O)C(C)Cc2ccc(OCC(=O)O)cc2)c1=O. The summed E-state index contributed by atoms with van der Waals surface area (Å²) in [4.78, 5) is 51.1. The number of nitrogens with two attached hydrogens (primary N) is 1. The number of amides is 1. The number of rotatable bonds is 12. The van der Waals surface area contributed by atoms with Crippen LogP contribution in [0.1, 0.15) is 44.1 Å². The van der Waals surface area contributed by atoms with E-state index in [1.54, 1.807) is 38.1 Å². The van der Waals surface area contributed by atoms with E-state index in [2.05, 4.69) is 10.3 Å². The van der Waals surface area contributed by atoms with Gasteiger partial charge in [-0.3, -0.25) is 14.2 Å². The Labute approximate surface area is 190 Å². The number of nitrogens with zero attached hydrogens (tertiary/aromatic N) is 1. The average Bonchev–Trinajstić information content (AvgIpc) is 2.77. The zero-order chi connectivity index (χ0) is 24.5. The van der Waals surface area contributed by atoms with E-state index in [1.807, 2.05) is 0 Å². The number of carboxylic acids is 1. The molecule has 2 unspecified atom stereocenters. The molecule has 0 bridgehead atoms. The van der Waals surface area contributed by atoms with Crippen molar-refractivity contribution in [1.29, 1.82) is 0 Å². The lowest BCUT2D eigenvalue weighted by Gasteiger charge is -2.18. The van der Waals surface area contributed by atoms with Crippen LogP contribution in [-0.2, 0) is 22.6 Å². The lowest BCUT2D eigenvalue weighted by atomic mass is 10.00. The van der Waals surface area contributed by atoms with E-state index in [-0.39, 0.29) is 30.9 Å². The Kier molecular flexibility index (Phi) is 9.37. The van der Waals surface area contributed by atoms with Crippen LogP contribution in [0.25, 0.3) is 0 Å². The quantitative estimate of drug-likeness (QED) is 0.305. The molecule has 2 rings (SSSR count). The highest BCUT2D eigenvalue weighted by Crippen LogP contribution is 2.20. The van der Waals surface area contributed by atoms with Crippen LogP contribution >= 0.6 is 0 Å². The fraction of sp³-hybridized carbons (Fsp3) is 0.455. The lowest BCUT2D eigenvalue weighted by molar-refractivity contribution is -0.139. The molecule has 0 aliphatic rings. The van der Waals surface area contributed by atoms with Gasteiger partial charge < -0.3 is 31.0 Å². The Hall–Kier alpha value is -3.44. The maximum Gasteiger partial charge on any atom is 0.341 e. The van der Waals surface area contributed by atoms with Gasteiger partial charge in [0.25, 0.3) is 5.56 Å². The van der Waals surface area contributed by atoms with Gasteiger partial charge in [0, 0.05) is 12.5 Å². The van der Waals surface area contributed by atoms with Crippen LogP contribution < -0.4 is 27.0 Å². The molecule has 0 spiro atoms. The zero-order valence-corrected chi connectivity index (χ0v) is 18.7. The van der Waals surface area contributed by atoms with Crippen LogP contribution in [0.4, 0.5) is 5.69 Å². The van der Waals surface area contributed by atoms with Gasteiger partial charge in [0.2, 0.25) is 5.91 Å². The molecule has 1 heterocycles. The second-order valence-corrected chi connectivity index (χ2v) is 7.69. The molecule has 0 saturated heterocycles. The molecule has 0 radical (unpaired) electrons. The van der Waals surface area contributed by atoms with Crippen LogP contribution in [0.15, 0.2) is 33.9 Å². The lowest BCUT2D eigenvalue weighted by Crippen LogP contribution is -2.40. The number of aliphatic carboxylic acids is 1. The average molecular weight is 463 g/mol. The number of carbonyl (C=O) groups excluding carboxylic acids is 1. The molecule has 33 heavy (non-hydrogen) atoms. The summed E-state index contributed by atoms with van der Waals surface area (Å²) in [6, 6.07) is 6.64. The fourth-order valence-corrected chi connectivity index (χ4v) is 3.25. The van der Waals surface area contributed by atoms with Crippen molar-refractivity contribution in [3.63, 3.8) is 0 Å². The number of H-pyrrole nitrogens is 1. The van der Waals surface area contributed by atoms with Crippen molar-refractivity contribution in [3.8, 4) is 5.75 Å². The number of hydrogen-bond donors (Lipinski definition) is 5. The maximum atomic E-state index is 12.9. The van der Waals surface area contributed by atoms with Crippen LogP contribution in [0, 0.1) is 5.92 Å². The van der Waals surface area contributed by atoms with Crippen molar-refractivity contribution in [2.24, 2.45) is 11.7 Å². The number of carboxylic acid groups (broad SMARTS) is 1. The number of carbonyl (C=O) groups is 2.